The van der Waals surface area contributed by atoms with E-state index in [-0.39, 0.29) is 22.1 Å². The molecule has 1 amide bonds. The summed E-state index contributed by atoms with van der Waals surface area (Å²) in [5.41, 5.74) is -0.394. The summed E-state index contributed by atoms with van der Waals surface area (Å²) in [6.45, 7) is 14.0. The highest BCUT2D eigenvalue weighted by molar-refractivity contribution is 8.00. The lowest BCUT2D eigenvalue weighted by atomic mass is 9.96. The van der Waals surface area contributed by atoms with Crippen molar-refractivity contribution in [1.82, 2.24) is 20.2 Å². The average molecular weight is 313 g/mol. The van der Waals surface area contributed by atoms with Gasteiger partial charge in [0.1, 0.15) is 0 Å². The Bertz CT molecular complexity index is 504. The van der Waals surface area contributed by atoms with E-state index in [0.717, 1.165) is 6.42 Å². The molecule has 0 spiro atoms. The Kier molecular flexibility index (Phi) is 5.30. The smallest absolute Gasteiger partial charge is 0.233 e. The number of nitrogen functional groups attached to an aromatic ring is 1. The van der Waals surface area contributed by atoms with E-state index in [9.17, 15) is 4.79 Å². The molecule has 7 heteroatoms. The molecule has 1 aromatic rings. The predicted molar refractivity (Wildman–Crippen MR) is 86.7 cm³/mol. The minimum Gasteiger partial charge on any atom is -0.350 e. The molecule has 0 aliphatic rings. The van der Waals surface area contributed by atoms with Crippen LogP contribution in [0.4, 0.5) is 0 Å². The molecule has 1 aromatic heterocycles. The Morgan fingerprint density at radius 3 is 2.33 bits per heavy atom. The molecule has 1 atom stereocenters. The predicted octanol–water partition coefficient (Wildman–Crippen LogP) is 2.07. The van der Waals surface area contributed by atoms with Crippen LogP contribution in [0.5, 0.6) is 0 Å². The number of thioether (sulfide) groups is 1. The van der Waals surface area contributed by atoms with Gasteiger partial charge in [0.15, 0.2) is 5.82 Å². The summed E-state index contributed by atoms with van der Waals surface area (Å²) in [7, 11) is 0. The van der Waals surface area contributed by atoms with Crippen molar-refractivity contribution in [1.29, 1.82) is 0 Å². The molecule has 21 heavy (non-hydrogen) atoms. The zero-order valence-corrected chi connectivity index (χ0v) is 14.8. The number of hydrogen-bond acceptors (Lipinski definition) is 5. The topological polar surface area (TPSA) is 85.8 Å². The number of nitrogens with two attached hydrogens (primary N) is 1. The maximum atomic E-state index is 12.2. The van der Waals surface area contributed by atoms with Gasteiger partial charge in [-0.15, -0.1) is 10.2 Å². The maximum Gasteiger partial charge on any atom is 0.233 e. The molecule has 0 aromatic carbocycles. The number of carbonyl (C=O) groups is 1. The molecule has 0 saturated carbocycles. The van der Waals surface area contributed by atoms with Crippen LogP contribution in [-0.2, 0) is 10.2 Å². The van der Waals surface area contributed by atoms with Crippen LogP contribution in [0.2, 0.25) is 0 Å². The number of aromatic nitrogens is 3. The van der Waals surface area contributed by atoms with Gasteiger partial charge in [0.25, 0.3) is 0 Å². The average Bonchev–Trinajstić information content (AvgIpc) is 2.70. The van der Waals surface area contributed by atoms with Crippen molar-refractivity contribution in [2.24, 2.45) is 0 Å². The second-order valence-electron chi connectivity index (χ2n) is 6.91. The summed E-state index contributed by atoms with van der Waals surface area (Å²) in [5, 5.41) is 11.5. The standard InChI is InChI=1S/C14H27N5OS/c1-8-14(6,7)16-10(20)9(2)21-12-18-17-11(19(12)15)13(3,4)5/h9H,8,15H2,1-7H3,(H,16,20). The first-order chi connectivity index (χ1) is 9.48. The van der Waals surface area contributed by atoms with Crippen LogP contribution < -0.4 is 11.2 Å². The maximum absolute atomic E-state index is 12.2. The van der Waals surface area contributed by atoms with Gasteiger partial charge in [0.05, 0.1) is 5.25 Å². The van der Waals surface area contributed by atoms with E-state index in [0.29, 0.717) is 11.0 Å². The normalized spacial score (nSPS) is 14.0. The van der Waals surface area contributed by atoms with E-state index >= 15 is 0 Å². The van der Waals surface area contributed by atoms with Gasteiger partial charge >= 0.3 is 0 Å². The third-order valence-electron chi connectivity index (χ3n) is 3.33. The summed E-state index contributed by atoms with van der Waals surface area (Å²) in [6.07, 6.45) is 0.872. The number of nitrogens with zero attached hydrogens (tertiary/aromatic N) is 3. The molecule has 6 nitrogen and oxygen atoms in total. The van der Waals surface area contributed by atoms with Crippen LogP contribution in [0, 0.1) is 0 Å². The quantitative estimate of drug-likeness (QED) is 0.642. The lowest BCUT2D eigenvalue weighted by Crippen LogP contribution is -2.46. The first kappa shape index (κ1) is 17.8. The summed E-state index contributed by atoms with van der Waals surface area (Å²) in [4.78, 5) is 12.2. The minimum atomic E-state index is -0.282. The molecule has 0 aliphatic carbocycles. The Hall–Kier alpha value is -1.24. The second kappa shape index (κ2) is 6.25. The number of amides is 1. The summed E-state index contributed by atoms with van der Waals surface area (Å²) < 4.78 is 1.47. The van der Waals surface area contributed by atoms with Gasteiger partial charge in [-0.3, -0.25) is 4.79 Å². The molecule has 0 bridgehead atoms. The molecule has 1 unspecified atom stereocenters. The van der Waals surface area contributed by atoms with Crippen molar-refractivity contribution in [3.63, 3.8) is 0 Å². The molecule has 1 rings (SSSR count). The van der Waals surface area contributed by atoms with Gasteiger partial charge in [-0.05, 0) is 27.2 Å². The van der Waals surface area contributed by atoms with Crippen molar-refractivity contribution in [3.8, 4) is 0 Å². The van der Waals surface area contributed by atoms with Gasteiger partial charge in [0.2, 0.25) is 11.1 Å². The number of rotatable bonds is 5. The minimum absolute atomic E-state index is 0.0211. The lowest BCUT2D eigenvalue weighted by molar-refractivity contribution is -0.121. The first-order valence-electron chi connectivity index (χ1n) is 7.17. The van der Waals surface area contributed by atoms with Crippen LogP contribution in [0.25, 0.3) is 0 Å². The zero-order chi connectivity index (χ0) is 16.4. The molecule has 0 aliphatic heterocycles. The highest BCUT2D eigenvalue weighted by Gasteiger charge is 2.27. The van der Waals surface area contributed by atoms with Crippen LogP contribution in [0.3, 0.4) is 0 Å². The summed E-state index contributed by atoms with van der Waals surface area (Å²) >= 11 is 1.32. The summed E-state index contributed by atoms with van der Waals surface area (Å²) in [6, 6.07) is 0. The van der Waals surface area contributed by atoms with Gasteiger partial charge in [-0.2, -0.15) is 0 Å². The third kappa shape index (κ3) is 4.62. The highest BCUT2D eigenvalue weighted by atomic mass is 32.2. The lowest BCUT2D eigenvalue weighted by Gasteiger charge is -2.26. The Labute approximate surface area is 131 Å². The van der Waals surface area contributed by atoms with Gasteiger partial charge in [-0.1, -0.05) is 39.5 Å². The van der Waals surface area contributed by atoms with E-state index in [1.54, 1.807) is 0 Å². The Morgan fingerprint density at radius 2 is 1.90 bits per heavy atom. The number of carbonyl (C=O) groups excluding carboxylic acids is 1. The van der Waals surface area contributed by atoms with Gasteiger partial charge < -0.3 is 11.2 Å². The fourth-order valence-electron chi connectivity index (χ4n) is 1.60. The SMILES string of the molecule is CCC(C)(C)NC(=O)C(C)Sc1nnc(C(C)(C)C)n1N. The van der Waals surface area contributed by atoms with Gasteiger partial charge in [0, 0.05) is 11.0 Å². The largest absolute Gasteiger partial charge is 0.350 e. The van der Waals surface area contributed by atoms with E-state index in [1.165, 1.54) is 16.4 Å². The van der Waals surface area contributed by atoms with Crippen LogP contribution in [0.1, 0.15) is 60.7 Å². The van der Waals surface area contributed by atoms with E-state index in [2.05, 4.69) is 15.5 Å². The molecule has 0 fully saturated rings. The molecule has 1 heterocycles. The monoisotopic (exact) mass is 313 g/mol. The van der Waals surface area contributed by atoms with Gasteiger partial charge in [-0.25, -0.2) is 4.68 Å². The van der Waals surface area contributed by atoms with E-state index in [4.69, 9.17) is 5.84 Å². The molecule has 0 saturated heterocycles. The molecule has 3 N–H and O–H groups in total. The van der Waals surface area contributed by atoms with E-state index < -0.39 is 0 Å². The highest BCUT2D eigenvalue weighted by Crippen LogP contribution is 2.26. The molecular formula is C14H27N5OS. The fraction of sp³-hybridized carbons (Fsp3) is 0.786. The zero-order valence-electron chi connectivity index (χ0n) is 14.0. The Morgan fingerprint density at radius 1 is 1.33 bits per heavy atom. The Balaban J connectivity index is 2.78. The molecular weight excluding hydrogens is 286 g/mol. The number of hydrogen-bond donors (Lipinski definition) is 2. The first-order valence-corrected chi connectivity index (χ1v) is 8.05. The van der Waals surface area contributed by atoms with Crippen LogP contribution in [0.15, 0.2) is 5.16 Å². The van der Waals surface area contributed by atoms with Crippen molar-refractivity contribution < 1.29 is 4.79 Å². The van der Waals surface area contributed by atoms with Crippen molar-refractivity contribution in [2.45, 2.75) is 76.2 Å². The third-order valence-corrected chi connectivity index (χ3v) is 4.39. The fourth-order valence-corrected chi connectivity index (χ4v) is 2.37. The summed E-state index contributed by atoms with van der Waals surface area (Å²) in [5.74, 6) is 6.71. The van der Waals surface area contributed by atoms with Crippen molar-refractivity contribution in [3.05, 3.63) is 5.82 Å². The molecule has 0 radical (unpaired) electrons. The second-order valence-corrected chi connectivity index (χ2v) is 8.22. The van der Waals surface area contributed by atoms with E-state index in [1.807, 2.05) is 48.5 Å². The van der Waals surface area contributed by atoms with Crippen molar-refractivity contribution in [2.75, 3.05) is 5.84 Å². The molecule has 120 valence electrons. The van der Waals surface area contributed by atoms with Crippen LogP contribution >= 0.6 is 11.8 Å². The number of nitrogens with one attached hydrogen (secondary N) is 1. The van der Waals surface area contributed by atoms with Crippen LogP contribution in [-0.4, -0.2) is 31.6 Å². The van der Waals surface area contributed by atoms with Crippen molar-refractivity contribution >= 4 is 17.7 Å².